The van der Waals surface area contributed by atoms with Crippen molar-refractivity contribution in [3.05, 3.63) is 87.3 Å². The molecule has 0 aliphatic carbocycles. The summed E-state index contributed by atoms with van der Waals surface area (Å²) in [6.07, 6.45) is 2.74. The number of hydrogen-bond donors (Lipinski definition) is 1. The number of rotatable bonds is 6. The molecule has 42 heavy (non-hydrogen) atoms. The molecule has 0 fully saturated rings. The number of anilines is 1. The van der Waals surface area contributed by atoms with Crippen molar-refractivity contribution in [3.8, 4) is 34.3 Å². The van der Waals surface area contributed by atoms with Gasteiger partial charge in [-0.05, 0) is 63.1 Å². The summed E-state index contributed by atoms with van der Waals surface area (Å²) in [5.41, 5.74) is 9.94. The Morgan fingerprint density at radius 1 is 1.12 bits per heavy atom. The average Bonchev–Trinajstić information content (AvgIpc) is 3.54. The molecule has 12 heteroatoms. The Bertz CT molecular complexity index is 2110. The van der Waals surface area contributed by atoms with Crippen LogP contribution in [-0.4, -0.2) is 35.2 Å². The van der Waals surface area contributed by atoms with Crippen molar-refractivity contribution in [1.29, 1.82) is 5.26 Å². The van der Waals surface area contributed by atoms with E-state index in [0.717, 1.165) is 10.5 Å². The fraction of sp³-hybridized carbons (Fsp3) is 0.200. The van der Waals surface area contributed by atoms with Gasteiger partial charge < -0.3 is 10.5 Å². The first-order valence-electron chi connectivity index (χ1n) is 13.1. The lowest BCUT2D eigenvalue weighted by atomic mass is 9.97. The Kier molecular flexibility index (Phi) is 6.67. The molecule has 5 aromatic heterocycles. The second-order valence-corrected chi connectivity index (χ2v) is 11.0. The molecule has 210 valence electrons. The summed E-state index contributed by atoms with van der Waals surface area (Å²) in [6, 6.07) is 11.1. The number of hydrogen-bond acceptors (Lipinski definition) is 9. The second kappa shape index (κ2) is 10.4. The van der Waals surface area contributed by atoms with Gasteiger partial charge in [0.05, 0.1) is 23.1 Å². The number of nitriles is 1. The third-order valence-corrected chi connectivity index (χ3v) is 7.95. The van der Waals surface area contributed by atoms with Gasteiger partial charge in [-0.3, -0.25) is 9.20 Å². The van der Waals surface area contributed by atoms with Crippen LogP contribution in [0.5, 0.6) is 5.88 Å². The normalized spacial score (nSPS) is 12.2. The first kappa shape index (κ1) is 27.0. The van der Waals surface area contributed by atoms with Gasteiger partial charge in [-0.15, -0.1) is 11.3 Å². The quantitative estimate of drug-likeness (QED) is 0.272. The van der Waals surface area contributed by atoms with Gasteiger partial charge >= 0.3 is 0 Å². The van der Waals surface area contributed by atoms with E-state index in [-0.39, 0.29) is 28.9 Å². The molecule has 6 aromatic rings. The highest BCUT2D eigenvalue weighted by Crippen LogP contribution is 2.37. The Labute approximate surface area is 243 Å². The lowest BCUT2D eigenvalue weighted by Gasteiger charge is -2.18. The Morgan fingerprint density at radius 2 is 1.93 bits per heavy atom. The smallest absolute Gasteiger partial charge is 0.264 e. The van der Waals surface area contributed by atoms with E-state index in [0.29, 0.717) is 39.0 Å². The van der Waals surface area contributed by atoms with Crippen molar-refractivity contribution in [3.63, 3.8) is 0 Å². The zero-order chi connectivity index (χ0) is 29.7. The third kappa shape index (κ3) is 4.44. The number of nitrogens with two attached hydrogens (primary N) is 1. The first-order valence-corrected chi connectivity index (χ1v) is 14.0. The highest BCUT2D eigenvalue weighted by Gasteiger charge is 2.26. The van der Waals surface area contributed by atoms with Crippen LogP contribution in [-0.2, 0) is 0 Å². The lowest BCUT2D eigenvalue weighted by molar-refractivity contribution is 0.232. The fourth-order valence-electron chi connectivity index (χ4n) is 5.07. The molecule has 0 saturated carbocycles. The summed E-state index contributed by atoms with van der Waals surface area (Å²) in [5.74, 6) is -0.0303. The van der Waals surface area contributed by atoms with Crippen LogP contribution in [0.3, 0.4) is 0 Å². The van der Waals surface area contributed by atoms with Gasteiger partial charge in [0, 0.05) is 22.8 Å². The van der Waals surface area contributed by atoms with Crippen LogP contribution in [0.4, 0.5) is 10.2 Å². The molecule has 0 amide bonds. The molecule has 1 aromatic carbocycles. The van der Waals surface area contributed by atoms with Crippen molar-refractivity contribution in [1.82, 2.24) is 29.1 Å². The predicted octanol–water partition coefficient (Wildman–Crippen LogP) is 5.53. The van der Waals surface area contributed by atoms with E-state index in [4.69, 9.17) is 15.6 Å². The van der Waals surface area contributed by atoms with Crippen LogP contribution in [0.25, 0.3) is 38.2 Å². The van der Waals surface area contributed by atoms with Crippen LogP contribution >= 0.6 is 11.3 Å². The predicted molar refractivity (Wildman–Crippen MR) is 159 cm³/mol. The molecular formula is C30H25FN8O2S. The van der Waals surface area contributed by atoms with E-state index in [2.05, 4.69) is 21.0 Å². The maximum absolute atomic E-state index is 14.4. The number of nitrogens with zero attached hydrogens (tertiary/aromatic N) is 7. The van der Waals surface area contributed by atoms with E-state index in [1.54, 1.807) is 33.5 Å². The van der Waals surface area contributed by atoms with Crippen LogP contribution in [0, 0.1) is 24.1 Å². The van der Waals surface area contributed by atoms with Crippen molar-refractivity contribution in [2.75, 3.05) is 5.73 Å². The molecule has 0 aliphatic heterocycles. The van der Waals surface area contributed by atoms with Gasteiger partial charge in [0.2, 0.25) is 5.88 Å². The minimum atomic E-state index is -0.541. The van der Waals surface area contributed by atoms with E-state index in [1.165, 1.54) is 29.8 Å². The molecule has 1 atom stereocenters. The maximum Gasteiger partial charge on any atom is 0.264 e. The standard InChI is InChI=1S/C30H25FN8O2S/c1-15(2)41-29-19(11-32)8-20(12-34-29)26-25-27(33)35-14-36-28(25)39(37-26)17(4)22-10-23-38(16(3)13-42-23)30(40)24(22)18-6-5-7-21(31)9-18/h5-10,12-15,17H,1-4H3,(H2,33,35,36)/t17-/m0/s1. The Balaban J connectivity index is 1.59. The number of aryl methyl sites for hydroxylation is 1. The van der Waals surface area contributed by atoms with Gasteiger partial charge in [0.15, 0.2) is 5.65 Å². The monoisotopic (exact) mass is 580 g/mol. The van der Waals surface area contributed by atoms with Crippen molar-refractivity contribution in [2.45, 2.75) is 39.8 Å². The Hall–Kier alpha value is -5.15. The van der Waals surface area contributed by atoms with Gasteiger partial charge in [-0.25, -0.2) is 24.0 Å². The SMILES string of the molecule is Cc1csc2cc([C@H](C)n3nc(-c4cnc(OC(C)C)c(C#N)c4)c4c(N)ncnc43)c(-c3cccc(F)c3)c(=O)n12. The largest absolute Gasteiger partial charge is 0.474 e. The summed E-state index contributed by atoms with van der Waals surface area (Å²) < 4.78 is 23.4. The summed E-state index contributed by atoms with van der Waals surface area (Å²) in [6.45, 7) is 7.45. The minimum Gasteiger partial charge on any atom is -0.474 e. The third-order valence-electron chi connectivity index (χ3n) is 6.95. The number of pyridine rings is 2. The molecule has 0 bridgehead atoms. The molecule has 0 spiro atoms. The van der Waals surface area contributed by atoms with Gasteiger partial charge in [0.25, 0.3) is 5.56 Å². The summed E-state index contributed by atoms with van der Waals surface area (Å²) in [7, 11) is 0. The van der Waals surface area contributed by atoms with E-state index in [1.807, 2.05) is 39.1 Å². The Morgan fingerprint density at radius 3 is 2.67 bits per heavy atom. The topological polar surface area (TPSA) is 137 Å². The molecular weight excluding hydrogens is 555 g/mol. The number of benzene rings is 1. The van der Waals surface area contributed by atoms with Gasteiger partial charge in [-0.1, -0.05) is 12.1 Å². The van der Waals surface area contributed by atoms with Crippen LogP contribution in [0.2, 0.25) is 0 Å². The van der Waals surface area contributed by atoms with Crippen LogP contribution in [0.15, 0.2) is 59.1 Å². The number of thiazole rings is 1. The van der Waals surface area contributed by atoms with E-state index in [9.17, 15) is 14.4 Å². The van der Waals surface area contributed by atoms with Crippen LogP contribution < -0.4 is 16.0 Å². The van der Waals surface area contributed by atoms with Gasteiger partial charge in [0.1, 0.15) is 40.1 Å². The number of fused-ring (bicyclic) bond motifs is 2. The highest BCUT2D eigenvalue weighted by atomic mass is 32.1. The first-order chi connectivity index (χ1) is 20.2. The van der Waals surface area contributed by atoms with Crippen molar-refractivity contribution >= 4 is 33.0 Å². The molecule has 0 aliphatic rings. The number of aromatic nitrogens is 6. The summed E-state index contributed by atoms with van der Waals surface area (Å²) in [4.78, 5) is 27.7. The number of halogens is 1. The van der Waals surface area contributed by atoms with Crippen molar-refractivity contribution in [2.24, 2.45) is 0 Å². The van der Waals surface area contributed by atoms with E-state index >= 15 is 0 Å². The van der Waals surface area contributed by atoms with Crippen LogP contribution in [0.1, 0.15) is 43.6 Å². The number of ether oxygens (including phenoxy) is 1. The molecule has 0 radical (unpaired) electrons. The summed E-state index contributed by atoms with van der Waals surface area (Å²) >= 11 is 1.44. The molecule has 10 nitrogen and oxygen atoms in total. The summed E-state index contributed by atoms with van der Waals surface area (Å²) in [5, 5.41) is 17.1. The molecule has 5 heterocycles. The minimum absolute atomic E-state index is 0.166. The fourth-order valence-corrected chi connectivity index (χ4v) is 5.99. The molecule has 0 saturated heterocycles. The van der Waals surface area contributed by atoms with E-state index < -0.39 is 11.9 Å². The zero-order valence-corrected chi connectivity index (χ0v) is 24.0. The maximum atomic E-state index is 14.4. The number of nitrogen functional groups attached to an aromatic ring is 1. The highest BCUT2D eigenvalue weighted by molar-refractivity contribution is 7.15. The lowest BCUT2D eigenvalue weighted by Crippen LogP contribution is -2.21. The average molecular weight is 581 g/mol. The van der Waals surface area contributed by atoms with Crippen molar-refractivity contribution < 1.29 is 9.13 Å². The van der Waals surface area contributed by atoms with Gasteiger partial charge in [-0.2, -0.15) is 10.4 Å². The second-order valence-electron chi connectivity index (χ2n) is 10.1. The molecule has 2 N–H and O–H groups in total. The molecule has 0 unspecified atom stereocenters. The molecule has 6 rings (SSSR count). The zero-order valence-electron chi connectivity index (χ0n) is 23.2.